The van der Waals surface area contributed by atoms with Crippen LogP contribution in [0.5, 0.6) is 0 Å². The Labute approximate surface area is 120 Å². The van der Waals surface area contributed by atoms with Gasteiger partial charge in [-0.2, -0.15) is 4.98 Å². The lowest BCUT2D eigenvalue weighted by Crippen LogP contribution is -2.35. The van der Waals surface area contributed by atoms with Crippen molar-refractivity contribution in [3.8, 4) is 0 Å². The molecule has 1 heterocycles. The summed E-state index contributed by atoms with van der Waals surface area (Å²) >= 11 is 0. The molecule has 0 radical (unpaired) electrons. The first-order chi connectivity index (χ1) is 9.79. The van der Waals surface area contributed by atoms with Gasteiger partial charge in [-0.15, -0.1) is 0 Å². The summed E-state index contributed by atoms with van der Waals surface area (Å²) in [5.41, 5.74) is -0.300. The molecule has 1 aromatic rings. The Morgan fingerprint density at radius 1 is 1.20 bits per heavy atom. The van der Waals surface area contributed by atoms with E-state index in [0.29, 0.717) is 12.0 Å². The largest absolute Gasteiger partial charge is 0.370 e. The van der Waals surface area contributed by atoms with Gasteiger partial charge < -0.3 is 14.6 Å². The highest BCUT2D eigenvalue weighted by molar-refractivity contribution is 5.08. The first-order valence-corrected chi connectivity index (χ1v) is 7.85. The number of methoxy groups -OCH3 is 1. The van der Waals surface area contributed by atoms with Crippen LogP contribution >= 0.6 is 0 Å². The molecule has 0 bridgehead atoms. The van der Waals surface area contributed by atoms with Crippen LogP contribution in [-0.4, -0.2) is 30.3 Å². The van der Waals surface area contributed by atoms with E-state index in [0.717, 1.165) is 31.0 Å². The van der Waals surface area contributed by atoms with Gasteiger partial charge in [-0.05, 0) is 45.6 Å². The zero-order chi connectivity index (χ0) is 14.0. The van der Waals surface area contributed by atoms with Crippen LogP contribution in [0.2, 0.25) is 0 Å². The quantitative estimate of drug-likeness (QED) is 0.918. The predicted octanol–water partition coefficient (Wildman–Crippen LogP) is 2.73. The highest BCUT2D eigenvalue weighted by Crippen LogP contribution is 2.41. The first kappa shape index (κ1) is 14.0. The maximum absolute atomic E-state index is 5.74. The molecule has 2 unspecified atom stereocenters. The van der Waals surface area contributed by atoms with Gasteiger partial charge in [-0.3, -0.25) is 0 Å². The summed E-state index contributed by atoms with van der Waals surface area (Å²) in [5, 5.41) is 7.64. The van der Waals surface area contributed by atoms with Crippen molar-refractivity contribution in [3.05, 3.63) is 11.7 Å². The fourth-order valence-electron chi connectivity index (χ4n) is 3.81. The van der Waals surface area contributed by atoms with Gasteiger partial charge in [0.05, 0.1) is 5.92 Å². The monoisotopic (exact) mass is 279 g/mol. The molecule has 2 aliphatic carbocycles. The molecule has 20 heavy (non-hydrogen) atoms. The van der Waals surface area contributed by atoms with Crippen molar-refractivity contribution in [3.63, 3.8) is 0 Å². The van der Waals surface area contributed by atoms with Crippen LogP contribution in [-0.2, 0) is 10.3 Å². The SMILES string of the molecule is CNC1CCCCC1c1nc(C2(OC)CCCC2)no1. The Balaban J connectivity index is 1.82. The average molecular weight is 279 g/mol. The van der Waals surface area contributed by atoms with E-state index in [4.69, 9.17) is 14.2 Å². The average Bonchev–Trinajstić information content (AvgIpc) is 3.16. The molecule has 0 saturated heterocycles. The Bertz CT molecular complexity index is 440. The van der Waals surface area contributed by atoms with Crippen LogP contribution in [0.3, 0.4) is 0 Å². The molecule has 0 spiro atoms. The van der Waals surface area contributed by atoms with Crippen molar-refractivity contribution in [2.24, 2.45) is 0 Å². The highest BCUT2D eigenvalue weighted by Gasteiger charge is 2.41. The van der Waals surface area contributed by atoms with Crippen LogP contribution in [0.25, 0.3) is 0 Å². The Morgan fingerprint density at radius 3 is 2.65 bits per heavy atom. The summed E-state index contributed by atoms with van der Waals surface area (Å²) in [7, 11) is 3.78. The van der Waals surface area contributed by atoms with Crippen molar-refractivity contribution in [2.75, 3.05) is 14.2 Å². The molecule has 112 valence electrons. The topological polar surface area (TPSA) is 60.2 Å². The normalized spacial score (nSPS) is 29.7. The number of nitrogens with zero attached hydrogens (tertiary/aromatic N) is 2. The van der Waals surface area contributed by atoms with E-state index < -0.39 is 0 Å². The predicted molar refractivity (Wildman–Crippen MR) is 75.5 cm³/mol. The van der Waals surface area contributed by atoms with E-state index in [2.05, 4.69) is 10.5 Å². The van der Waals surface area contributed by atoms with Crippen LogP contribution in [0.1, 0.15) is 69.0 Å². The van der Waals surface area contributed by atoms with Crippen LogP contribution in [0.15, 0.2) is 4.52 Å². The lowest BCUT2D eigenvalue weighted by molar-refractivity contribution is -0.0178. The number of nitrogens with one attached hydrogen (secondary N) is 1. The zero-order valence-electron chi connectivity index (χ0n) is 12.5. The van der Waals surface area contributed by atoms with Gasteiger partial charge in [0.25, 0.3) is 0 Å². The fourth-order valence-corrected chi connectivity index (χ4v) is 3.81. The van der Waals surface area contributed by atoms with E-state index >= 15 is 0 Å². The van der Waals surface area contributed by atoms with Gasteiger partial charge in [0, 0.05) is 13.2 Å². The van der Waals surface area contributed by atoms with Gasteiger partial charge >= 0.3 is 0 Å². The van der Waals surface area contributed by atoms with Crippen molar-refractivity contribution in [1.29, 1.82) is 0 Å². The highest BCUT2D eigenvalue weighted by atomic mass is 16.5. The van der Waals surface area contributed by atoms with Crippen LogP contribution in [0.4, 0.5) is 0 Å². The second-order valence-corrected chi connectivity index (χ2v) is 6.15. The summed E-state index contributed by atoms with van der Waals surface area (Å²) in [5.74, 6) is 1.90. The molecule has 2 atom stereocenters. The maximum Gasteiger partial charge on any atom is 0.231 e. The molecule has 2 saturated carbocycles. The second-order valence-electron chi connectivity index (χ2n) is 6.15. The van der Waals surface area contributed by atoms with E-state index in [-0.39, 0.29) is 5.60 Å². The molecule has 1 aromatic heterocycles. The van der Waals surface area contributed by atoms with Crippen LogP contribution < -0.4 is 5.32 Å². The number of ether oxygens (including phenoxy) is 1. The molecule has 0 amide bonds. The molecule has 0 aliphatic heterocycles. The summed E-state index contributed by atoms with van der Waals surface area (Å²) < 4.78 is 11.3. The fraction of sp³-hybridized carbons (Fsp3) is 0.867. The first-order valence-electron chi connectivity index (χ1n) is 7.85. The second kappa shape index (κ2) is 5.82. The summed E-state index contributed by atoms with van der Waals surface area (Å²) in [6, 6.07) is 0.458. The number of hydrogen-bond donors (Lipinski definition) is 1. The summed E-state index contributed by atoms with van der Waals surface area (Å²) in [6.45, 7) is 0. The van der Waals surface area contributed by atoms with E-state index in [9.17, 15) is 0 Å². The van der Waals surface area contributed by atoms with Crippen molar-refractivity contribution >= 4 is 0 Å². The van der Waals surface area contributed by atoms with E-state index in [1.807, 2.05) is 7.05 Å². The minimum atomic E-state index is -0.300. The summed E-state index contributed by atoms with van der Waals surface area (Å²) in [6.07, 6.45) is 9.22. The molecule has 1 N–H and O–H groups in total. The molecule has 5 nitrogen and oxygen atoms in total. The standard InChI is InChI=1S/C15H25N3O2/c1-16-12-8-4-3-7-11(12)13-17-14(18-20-13)15(19-2)9-5-6-10-15/h11-12,16H,3-10H2,1-2H3. The third kappa shape index (κ3) is 2.37. The van der Waals surface area contributed by atoms with Crippen molar-refractivity contribution in [1.82, 2.24) is 15.5 Å². The molecule has 2 aliphatic rings. The maximum atomic E-state index is 5.74. The van der Waals surface area contributed by atoms with Gasteiger partial charge in [-0.1, -0.05) is 18.0 Å². The molecule has 0 aromatic carbocycles. The van der Waals surface area contributed by atoms with Crippen LogP contribution in [0, 0.1) is 0 Å². The Hall–Kier alpha value is -0.940. The zero-order valence-corrected chi connectivity index (χ0v) is 12.5. The van der Waals surface area contributed by atoms with Gasteiger partial charge in [0.1, 0.15) is 5.60 Å². The lowest BCUT2D eigenvalue weighted by Gasteiger charge is -2.28. The molecule has 2 fully saturated rings. The third-order valence-electron chi connectivity index (χ3n) is 5.11. The molecular weight excluding hydrogens is 254 g/mol. The lowest BCUT2D eigenvalue weighted by atomic mass is 9.84. The number of likely N-dealkylation sites (N-methyl/N-ethyl adjacent to an activating group) is 1. The minimum absolute atomic E-state index is 0.300. The number of hydrogen-bond acceptors (Lipinski definition) is 5. The van der Waals surface area contributed by atoms with Gasteiger partial charge in [-0.25, -0.2) is 0 Å². The van der Waals surface area contributed by atoms with Gasteiger partial charge in [0.2, 0.25) is 11.7 Å². The van der Waals surface area contributed by atoms with E-state index in [1.54, 1.807) is 7.11 Å². The smallest absolute Gasteiger partial charge is 0.231 e. The molecule has 3 rings (SSSR count). The summed E-state index contributed by atoms with van der Waals surface area (Å²) in [4.78, 5) is 4.71. The van der Waals surface area contributed by atoms with Gasteiger partial charge in [0.15, 0.2) is 0 Å². The molecule has 5 heteroatoms. The Kier molecular flexibility index (Phi) is 4.08. The molecular formula is C15H25N3O2. The van der Waals surface area contributed by atoms with Crippen molar-refractivity contribution < 1.29 is 9.26 Å². The van der Waals surface area contributed by atoms with E-state index in [1.165, 1.54) is 32.1 Å². The Morgan fingerprint density at radius 2 is 1.95 bits per heavy atom. The third-order valence-corrected chi connectivity index (χ3v) is 5.11. The number of rotatable bonds is 4. The van der Waals surface area contributed by atoms with Crippen molar-refractivity contribution in [2.45, 2.75) is 68.9 Å². The number of aromatic nitrogens is 2. The minimum Gasteiger partial charge on any atom is -0.370 e.